The molecule has 0 saturated heterocycles. The van der Waals surface area contributed by atoms with Gasteiger partial charge in [-0.25, -0.2) is 4.57 Å². The van der Waals surface area contributed by atoms with Gasteiger partial charge in [-0.1, -0.05) is 161 Å². The lowest BCUT2D eigenvalue weighted by Gasteiger charge is -2.20. The van der Waals surface area contributed by atoms with E-state index in [2.05, 4.69) is 26.0 Å². The van der Waals surface area contributed by atoms with Crippen molar-refractivity contribution >= 4 is 19.8 Å². The molecule has 0 aromatic carbocycles. The number of unbranched alkanes of at least 4 members (excludes halogenated alkanes) is 24. The molecule has 0 heterocycles. The first kappa shape index (κ1) is 49.7. The van der Waals surface area contributed by atoms with Gasteiger partial charge in [0, 0.05) is 13.0 Å². The van der Waals surface area contributed by atoms with Gasteiger partial charge in [0.25, 0.3) is 0 Å². The third-order valence-corrected chi connectivity index (χ3v) is 10.0. The van der Waals surface area contributed by atoms with E-state index >= 15 is 0 Å². The smallest absolute Gasteiger partial charge is 0.472 e. The second-order valence-electron chi connectivity index (χ2n) is 14.1. The van der Waals surface area contributed by atoms with Crippen molar-refractivity contribution in [2.75, 3.05) is 26.4 Å². The molecule has 0 radical (unpaired) electrons. The third-order valence-electron chi connectivity index (χ3n) is 9.08. The van der Waals surface area contributed by atoms with E-state index in [0.29, 0.717) is 13.0 Å². The number of nitrogens with two attached hydrogens (primary N) is 1. The van der Waals surface area contributed by atoms with Crippen molar-refractivity contribution < 1.29 is 42.7 Å². The SMILES string of the molecule is CCCCCCCCC=CCCCCCCCCO[C@H](COC(=O)CCCCCCCCCCCCCCC)COP(=O)(O)OC[C@H](N)C(=O)O. The van der Waals surface area contributed by atoms with Gasteiger partial charge in [-0.05, 0) is 38.5 Å². The highest BCUT2D eigenvalue weighted by Crippen LogP contribution is 2.43. The molecule has 0 aliphatic carbocycles. The molecule has 0 aliphatic heterocycles. The van der Waals surface area contributed by atoms with Gasteiger partial charge in [0.2, 0.25) is 0 Å². The van der Waals surface area contributed by atoms with Gasteiger partial charge >= 0.3 is 19.8 Å². The molecular formula is C40H78NO9P. The Bertz CT molecular complexity index is 873. The summed E-state index contributed by atoms with van der Waals surface area (Å²) in [5, 5.41) is 8.88. The molecule has 0 fully saturated rings. The van der Waals surface area contributed by atoms with Crippen LogP contribution in [0.3, 0.4) is 0 Å². The van der Waals surface area contributed by atoms with Gasteiger partial charge in [-0.2, -0.15) is 0 Å². The lowest BCUT2D eigenvalue weighted by molar-refractivity contribution is -0.149. The number of carbonyl (C=O) groups is 2. The van der Waals surface area contributed by atoms with Gasteiger partial charge in [-0.15, -0.1) is 0 Å². The number of rotatable bonds is 40. The van der Waals surface area contributed by atoms with Crippen molar-refractivity contribution in [2.45, 2.75) is 206 Å². The van der Waals surface area contributed by atoms with E-state index in [4.69, 9.17) is 29.4 Å². The molecule has 0 aromatic rings. The number of hydrogen-bond acceptors (Lipinski definition) is 8. The Balaban J connectivity index is 4.25. The highest BCUT2D eigenvalue weighted by molar-refractivity contribution is 7.47. The Kier molecular flexibility index (Phi) is 36.1. The van der Waals surface area contributed by atoms with Gasteiger partial charge < -0.3 is 25.2 Å². The maximum Gasteiger partial charge on any atom is 0.472 e. The van der Waals surface area contributed by atoms with E-state index in [1.807, 2.05) is 0 Å². The van der Waals surface area contributed by atoms with Crippen LogP contribution in [0, 0.1) is 0 Å². The number of phosphoric acid groups is 1. The van der Waals surface area contributed by atoms with Crippen molar-refractivity contribution in [3.63, 3.8) is 0 Å². The van der Waals surface area contributed by atoms with Gasteiger partial charge in [-0.3, -0.25) is 18.6 Å². The average Bonchev–Trinajstić information content (AvgIpc) is 3.11. The summed E-state index contributed by atoms with van der Waals surface area (Å²) in [6.45, 7) is 3.74. The molecule has 1 unspecified atom stereocenters. The molecule has 3 atom stereocenters. The van der Waals surface area contributed by atoms with E-state index in [1.165, 1.54) is 122 Å². The number of ether oxygens (including phenoxy) is 2. The number of carbonyl (C=O) groups excluding carboxylic acids is 1. The van der Waals surface area contributed by atoms with Crippen LogP contribution in [0.25, 0.3) is 0 Å². The Hall–Kier alpha value is -1.29. The summed E-state index contributed by atoms with van der Waals surface area (Å²) in [6.07, 6.45) is 37.0. The van der Waals surface area contributed by atoms with Crippen LogP contribution in [0.1, 0.15) is 194 Å². The first-order chi connectivity index (χ1) is 24.7. The van der Waals surface area contributed by atoms with Crippen molar-refractivity contribution in [2.24, 2.45) is 5.73 Å². The topological polar surface area (TPSA) is 155 Å². The number of phosphoric ester groups is 1. The molecule has 0 aliphatic rings. The predicted octanol–water partition coefficient (Wildman–Crippen LogP) is 11.0. The summed E-state index contributed by atoms with van der Waals surface area (Å²) in [5.74, 6) is -1.69. The van der Waals surface area contributed by atoms with Gasteiger partial charge in [0.1, 0.15) is 18.8 Å². The zero-order valence-corrected chi connectivity index (χ0v) is 33.6. The maximum absolute atomic E-state index is 12.4. The van der Waals surface area contributed by atoms with Crippen LogP contribution in [0.2, 0.25) is 0 Å². The monoisotopic (exact) mass is 748 g/mol. The minimum absolute atomic E-state index is 0.113. The molecule has 51 heavy (non-hydrogen) atoms. The van der Waals surface area contributed by atoms with E-state index in [-0.39, 0.29) is 19.2 Å². The molecule has 10 nitrogen and oxygen atoms in total. The molecule has 0 amide bonds. The second kappa shape index (κ2) is 37.0. The van der Waals surface area contributed by atoms with Crippen molar-refractivity contribution in [3.8, 4) is 0 Å². The Morgan fingerprint density at radius 2 is 1.02 bits per heavy atom. The average molecular weight is 748 g/mol. The standard InChI is InChI=1S/C40H78NO9P/c1-3-5-7-9-11-13-15-17-18-19-21-23-25-27-29-31-33-47-37(35-49-51(45,46)50-36-38(41)40(43)44)34-48-39(42)32-30-28-26-24-22-20-16-14-12-10-8-6-4-2/h17-18,37-38H,3-16,19-36,41H2,1-2H3,(H,43,44)(H,45,46)/t37-,38+/m1/s1. The number of carboxylic acid groups (broad SMARTS) is 1. The highest BCUT2D eigenvalue weighted by atomic mass is 31.2. The van der Waals surface area contributed by atoms with Crippen LogP contribution in [-0.4, -0.2) is 60.5 Å². The largest absolute Gasteiger partial charge is 0.480 e. The van der Waals surface area contributed by atoms with Crippen molar-refractivity contribution in [3.05, 3.63) is 12.2 Å². The fraction of sp³-hybridized carbons (Fsp3) is 0.900. The highest BCUT2D eigenvalue weighted by Gasteiger charge is 2.27. The predicted molar refractivity (Wildman–Crippen MR) is 208 cm³/mol. The Morgan fingerprint density at radius 3 is 1.49 bits per heavy atom. The lowest BCUT2D eigenvalue weighted by Crippen LogP contribution is -2.34. The quantitative estimate of drug-likeness (QED) is 0.0239. The molecule has 0 bridgehead atoms. The van der Waals surface area contributed by atoms with Crippen molar-refractivity contribution in [1.29, 1.82) is 0 Å². The first-order valence-corrected chi connectivity index (χ1v) is 22.2. The third kappa shape index (κ3) is 36.8. The normalized spacial score (nSPS) is 14.1. The Labute approximate surface area is 312 Å². The molecule has 4 N–H and O–H groups in total. The fourth-order valence-corrected chi connectivity index (χ4v) is 6.53. The molecule has 0 spiro atoms. The maximum atomic E-state index is 12.4. The summed E-state index contributed by atoms with van der Waals surface area (Å²) in [6, 6.07) is -1.46. The van der Waals surface area contributed by atoms with Crippen LogP contribution in [0.4, 0.5) is 0 Å². The molecule has 0 rings (SSSR count). The molecule has 302 valence electrons. The first-order valence-electron chi connectivity index (χ1n) is 20.7. The number of aliphatic carboxylic acids is 1. The van der Waals surface area contributed by atoms with Crippen molar-refractivity contribution in [1.82, 2.24) is 0 Å². The van der Waals surface area contributed by atoms with E-state index in [1.54, 1.807) is 0 Å². The van der Waals surface area contributed by atoms with Crippen LogP contribution in [0.15, 0.2) is 12.2 Å². The van der Waals surface area contributed by atoms with Crippen LogP contribution in [0.5, 0.6) is 0 Å². The second-order valence-corrected chi connectivity index (χ2v) is 15.6. The fourth-order valence-electron chi connectivity index (χ4n) is 5.75. The van der Waals surface area contributed by atoms with Crippen LogP contribution < -0.4 is 5.73 Å². The molecule has 11 heteroatoms. The minimum atomic E-state index is -4.58. The summed E-state index contributed by atoms with van der Waals surface area (Å²) in [7, 11) is -4.58. The number of esters is 1. The van der Waals surface area contributed by atoms with Crippen LogP contribution >= 0.6 is 7.82 Å². The molecule has 0 saturated carbocycles. The number of hydrogen-bond donors (Lipinski definition) is 3. The van der Waals surface area contributed by atoms with Gasteiger partial charge in [0.05, 0.1) is 13.2 Å². The minimum Gasteiger partial charge on any atom is -0.480 e. The lowest BCUT2D eigenvalue weighted by atomic mass is 10.0. The zero-order chi connectivity index (χ0) is 37.7. The summed E-state index contributed by atoms with van der Waals surface area (Å²) >= 11 is 0. The number of allylic oxidation sites excluding steroid dienone is 2. The summed E-state index contributed by atoms with van der Waals surface area (Å²) < 4.78 is 33.3. The summed E-state index contributed by atoms with van der Waals surface area (Å²) in [5.41, 5.74) is 5.35. The van der Waals surface area contributed by atoms with E-state index in [9.17, 15) is 19.0 Å². The Morgan fingerprint density at radius 1 is 0.608 bits per heavy atom. The van der Waals surface area contributed by atoms with E-state index < -0.39 is 32.5 Å². The molecular weight excluding hydrogens is 669 g/mol. The van der Waals surface area contributed by atoms with Crippen LogP contribution in [-0.2, 0) is 32.7 Å². The van der Waals surface area contributed by atoms with Gasteiger partial charge in [0.15, 0.2) is 0 Å². The zero-order valence-electron chi connectivity index (χ0n) is 32.7. The number of carboxylic acids is 1. The van der Waals surface area contributed by atoms with E-state index in [0.717, 1.165) is 51.4 Å². The summed E-state index contributed by atoms with van der Waals surface area (Å²) in [4.78, 5) is 33.3. The molecule has 0 aromatic heterocycles.